The van der Waals surface area contributed by atoms with Gasteiger partial charge in [0.05, 0.1) is 0 Å². The molecule has 0 aromatic carbocycles. The van der Waals surface area contributed by atoms with E-state index in [9.17, 15) is 8.63 Å². The summed E-state index contributed by atoms with van der Waals surface area (Å²) in [5.74, 6) is 0. The van der Waals surface area contributed by atoms with Gasteiger partial charge in [0.1, 0.15) is 0 Å². The summed E-state index contributed by atoms with van der Waals surface area (Å²) in [6, 6.07) is 0. The molecule has 0 N–H and O–H groups in total. The molecule has 0 atom stereocenters. The summed E-state index contributed by atoms with van der Waals surface area (Å²) in [7, 11) is -1.00. The first-order valence-electron chi connectivity index (χ1n) is 2.43. The highest BCUT2D eigenvalue weighted by atomic mass is 19.2. The first kappa shape index (κ1) is 10.8. The summed E-state index contributed by atoms with van der Waals surface area (Å²) in [6.07, 6.45) is 0. The molecule has 0 amide bonds. The normalized spacial score (nSPS) is 7.00. The Kier molecular flexibility index (Phi) is 21.3. The highest BCUT2D eigenvalue weighted by Crippen LogP contribution is 1.64. The zero-order chi connectivity index (χ0) is 6.83. The molecule has 8 heavy (non-hydrogen) atoms. The molecule has 0 fully saturated rings. The Labute approximate surface area is 49.4 Å². The average molecular weight is 123 g/mol. The molecule has 0 aliphatic carbocycles. The van der Waals surface area contributed by atoms with Gasteiger partial charge in [-0.3, -0.25) is 8.63 Å². The van der Waals surface area contributed by atoms with E-state index in [1.54, 1.807) is 0 Å². The first-order chi connectivity index (χ1) is 3.83. The molecule has 0 aromatic heterocycles. The zero-order valence-corrected chi connectivity index (χ0v) is 5.16. The van der Waals surface area contributed by atoms with Crippen molar-refractivity contribution in [1.29, 1.82) is 0 Å². The molecule has 0 saturated carbocycles. The van der Waals surface area contributed by atoms with Gasteiger partial charge in [0.25, 0.3) is 0 Å². The minimum Gasteiger partial charge on any atom is -0.382 e. The van der Waals surface area contributed by atoms with Crippen molar-refractivity contribution in [3.05, 3.63) is 0 Å². The molecule has 0 spiro atoms. The van der Waals surface area contributed by atoms with Gasteiger partial charge in [0, 0.05) is 13.2 Å². The number of halogens is 2. The number of hydrogen-bond acceptors (Lipinski definition) is 1. The standard InChI is InChI=1S/C4H10O.BF2/c1-3-5-4-2;2-1-3/h3-4H2,1-2H3;. The summed E-state index contributed by atoms with van der Waals surface area (Å²) in [4.78, 5) is 0. The van der Waals surface area contributed by atoms with E-state index in [0.717, 1.165) is 13.2 Å². The Morgan fingerprint density at radius 1 is 1.25 bits per heavy atom. The molecule has 1 nitrogen and oxygen atoms in total. The molecular formula is C4H10BF2O. The molecule has 0 aromatic rings. The molecular weight excluding hydrogens is 113 g/mol. The van der Waals surface area contributed by atoms with Crippen LogP contribution in [0, 0.1) is 0 Å². The van der Waals surface area contributed by atoms with Gasteiger partial charge in [0.15, 0.2) is 0 Å². The van der Waals surface area contributed by atoms with Gasteiger partial charge < -0.3 is 4.74 Å². The van der Waals surface area contributed by atoms with E-state index in [1.165, 1.54) is 0 Å². The predicted octanol–water partition coefficient (Wildman–Crippen LogP) is 1.50. The van der Waals surface area contributed by atoms with Crippen molar-refractivity contribution in [2.24, 2.45) is 0 Å². The summed E-state index contributed by atoms with van der Waals surface area (Å²) >= 11 is 0. The predicted molar refractivity (Wildman–Crippen MR) is 30.1 cm³/mol. The van der Waals surface area contributed by atoms with Crippen molar-refractivity contribution in [3.8, 4) is 0 Å². The Morgan fingerprint density at radius 3 is 1.50 bits per heavy atom. The van der Waals surface area contributed by atoms with Crippen LogP contribution in [-0.4, -0.2) is 21.0 Å². The van der Waals surface area contributed by atoms with Gasteiger partial charge in [-0.2, -0.15) is 0 Å². The molecule has 49 valence electrons. The fraction of sp³-hybridized carbons (Fsp3) is 1.00. The SMILES string of the molecule is CCOCC.F[B]F. The highest BCUT2D eigenvalue weighted by Gasteiger charge is 1.64. The van der Waals surface area contributed by atoms with Crippen LogP contribution in [0.3, 0.4) is 0 Å². The van der Waals surface area contributed by atoms with Gasteiger partial charge in [0.2, 0.25) is 0 Å². The fourth-order valence-electron chi connectivity index (χ4n) is 0.204. The van der Waals surface area contributed by atoms with E-state index in [-0.39, 0.29) is 0 Å². The molecule has 0 saturated heterocycles. The van der Waals surface area contributed by atoms with E-state index in [0.29, 0.717) is 0 Å². The van der Waals surface area contributed by atoms with Crippen LogP contribution in [0.25, 0.3) is 0 Å². The monoisotopic (exact) mass is 123 g/mol. The molecule has 4 heteroatoms. The van der Waals surface area contributed by atoms with E-state index < -0.39 is 7.83 Å². The van der Waals surface area contributed by atoms with Crippen LogP contribution in [-0.2, 0) is 4.74 Å². The van der Waals surface area contributed by atoms with Crippen LogP contribution < -0.4 is 0 Å². The Morgan fingerprint density at radius 2 is 1.50 bits per heavy atom. The van der Waals surface area contributed by atoms with Crippen LogP contribution in [0.5, 0.6) is 0 Å². The molecule has 0 heterocycles. The lowest BCUT2D eigenvalue weighted by Gasteiger charge is -1.86. The summed E-state index contributed by atoms with van der Waals surface area (Å²) in [5.41, 5.74) is 0. The van der Waals surface area contributed by atoms with Crippen LogP contribution in [0.4, 0.5) is 8.63 Å². The minimum absolute atomic E-state index is 0.844. The fourth-order valence-corrected chi connectivity index (χ4v) is 0.204. The van der Waals surface area contributed by atoms with Crippen molar-refractivity contribution in [1.82, 2.24) is 0 Å². The molecule has 1 radical (unpaired) electrons. The van der Waals surface area contributed by atoms with Crippen molar-refractivity contribution in [2.75, 3.05) is 13.2 Å². The van der Waals surface area contributed by atoms with Crippen LogP contribution in [0.2, 0.25) is 0 Å². The third kappa shape index (κ3) is 39.5. The van der Waals surface area contributed by atoms with Gasteiger partial charge >= 0.3 is 7.83 Å². The maximum Gasteiger partial charge on any atom is 0.577 e. The summed E-state index contributed by atoms with van der Waals surface area (Å²) in [5, 5.41) is 0. The second kappa shape index (κ2) is 15.8. The Hall–Kier alpha value is -0.115. The number of hydrogen-bond donors (Lipinski definition) is 0. The average Bonchev–Trinajstić information content (AvgIpc) is 1.71. The smallest absolute Gasteiger partial charge is 0.382 e. The number of rotatable bonds is 2. The lowest BCUT2D eigenvalue weighted by Crippen LogP contribution is -1.84. The molecule has 0 aliphatic rings. The van der Waals surface area contributed by atoms with Gasteiger partial charge in [-0.05, 0) is 13.8 Å². The van der Waals surface area contributed by atoms with Crippen molar-refractivity contribution < 1.29 is 13.4 Å². The third-order valence-electron chi connectivity index (χ3n) is 0.408. The van der Waals surface area contributed by atoms with Crippen molar-refractivity contribution in [3.63, 3.8) is 0 Å². The Balaban J connectivity index is 0. The van der Waals surface area contributed by atoms with Gasteiger partial charge in [-0.15, -0.1) is 0 Å². The largest absolute Gasteiger partial charge is 0.577 e. The first-order valence-corrected chi connectivity index (χ1v) is 2.43. The third-order valence-corrected chi connectivity index (χ3v) is 0.408. The highest BCUT2D eigenvalue weighted by molar-refractivity contribution is 6.15. The van der Waals surface area contributed by atoms with Crippen LogP contribution in [0.1, 0.15) is 13.8 Å². The second-order valence-electron chi connectivity index (χ2n) is 0.864. The molecule has 0 aliphatic heterocycles. The number of ether oxygens (including phenoxy) is 1. The summed E-state index contributed by atoms with van der Waals surface area (Å²) in [6.45, 7) is 5.67. The van der Waals surface area contributed by atoms with E-state index >= 15 is 0 Å². The van der Waals surface area contributed by atoms with E-state index in [1.807, 2.05) is 13.8 Å². The van der Waals surface area contributed by atoms with Gasteiger partial charge in [-0.1, -0.05) is 0 Å². The van der Waals surface area contributed by atoms with Gasteiger partial charge in [-0.25, -0.2) is 0 Å². The lowest BCUT2D eigenvalue weighted by molar-refractivity contribution is 0.162. The van der Waals surface area contributed by atoms with Crippen molar-refractivity contribution in [2.45, 2.75) is 13.8 Å². The Bertz CT molecular complexity index is 28.0. The maximum absolute atomic E-state index is 9.50. The zero-order valence-electron chi connectivity index (χ0n) is 5.16. The quantitative estimate of drug-likeness (QED) is 0.505. The maximum atomic E-state index is 9.50. The topological polar surface area (TPSA) is 9.23 Å². The van der Waals surface area contributed by atoms with Crippen LogP contribution in [0.15, 0.2) is 0 Å². The minimum atomic E-state index is -1.00. The molecule has 0 rings (SSSR count). The molecule has 0 bridgehead atoms. The summed E-state index contributed by atoms with van der Waals surface area (Å²) < 4.78 is 23.8. The second-order valence-corrected chi connectivity index (χ2v) is 0.864. The van der Waals surface area contributed by atoms with Crippen LogP contribution >= 0.6 is 0 Å². The molecule has 0 unspecified atom stereocenters. The lowest BCUT2D eigenvalue weighted by atomic mass is 10.6. The van der Waals surface area contributed by atoms with E-state index in [4.69, 9.17) is 4.74 Å². The van der Waals surface area contributed by atoms with Crippen molar-refractivity contribution >= 4 is 7.83 Å². The van der Waals surface area contributed by atoms with E-state index in [2.05, 4.69) is 0 Å².